The predicted octanol–water partition coefficient (Wildman–Crippen LogP) is 3.35. The highest BCUT2D eigenvalue weighted by Crippen LogP contribution is 2.53. The normalized spacial score (nSPS) is 33.2. The van der Waals surface area contributed by atoms with E-state index >= 15 is 0 Å². The van der Waals surface area contributed by atoms with Crippen LogP contribution in [0.1, 0.15) is 54.4 Å². The number of carbonyl (C=O) groups excluding carboxylic acids is 3. The highest BCUT2D eigenvalue weighted by Gasteiger charge is 2.61. The zero-order chi connectivity index (χ0) is 18.7. The molecule has 5 heteroatoms. The van der Waals surface area contributed by atoms with Crippen LogP contribution < -0.4 is 0 Å². The van der Waals surface area contributed by atoms with Crippen molar-refractivity contribution in [2.75, 3.05) is 0 Å². The molecule has 2 fully saturated rings. The van der Waals surface area contributed by atoms with Crippen LogP contribution in [0.15, 0.2) is 12.2 Å². The van der Waals surface area contributed by atoms with Gasteiger partial charge < -0.3 is 4.84 Å². The van der Waals surface area contributed by atoms with Gasteiger partial charge in [-0.15, -0.1) is 5.06 Å². The maximum atomic E-state index is 12.9. The average Bonchev–Trinajstić information content (AvgIpc) is 3.14. The SMILES string of the molecule is CC(C)C(C)(CC(C)(C)C)C(=O)ON1C(=O)C2C3C=CC(C3)C2C1=O. The van der Waals surface area contributed by atoms with Gasteiger partial charge in [-0.05, 0) is 42.9 Å². The standard InChI is InChI=1S/C20H29NO4/c1-11(2)20(6,10-19(3,4)5)18(24)25-21-16(22)14-12-7-8-13(9-12)15(14)17(21)23/h7-8,11-15H,9-10H2,1-6H3. The van der Waals surface area contributed by atoms with Crippen LogP contribution in [0.3, 0.4) is 0 Å². The molecule has 3 rings (SSSR count). The first-order valence-corrected chi connectivity index (χ1v) is 9.24. The minimum Gasteiger partial charge on any atom is -0.330 e. The predicted molar refractivity (Wildman–Crippen MR) is 92.7 cm³/mol. The molecule has 0 aromatic heterocycles. The third kappa shape index (κ3) is 2.81. The Kier molecular flexibility index (Phi) is 4.12. The summed E-state index contributed by atoms with van der Waals surface area (Å²) in [6.45, 7) is 12.0. The van der Waals surface area contributed by atoms with Crippen LogP contribution in [-0.2, 0) is 19.2 Å². The van der Waals surface area contributed by atoms with Crippen LogP contribution in [-0.4, -0.2) is 22.8 Å². The number of hydrogen-bond acceptors (Lipinski definition) is 4. The van der Waals surface area contributed by atoms with E-state index in [1.54, 1.807) is 0 Å². The monoisotopic (exact) mass is 347 g/mol. The van der Waals surface area contributed by atoms with Gasteiger partial charge in [0, 0.05) is 0 Å². The molecule has 0 aromatic rings. The highest BCUT2D eigenvalue weighted by molar-refractivity contribution is 6.06. The lowest BCUT2D eigenvalue weighted by molar-refractivity contribution is -0.209. The fourth-order valence-corrected chi connectivity index (χ4v) is 4.77. The van der Waals surface area contributed by atoms with Gasteiger partial charge in [-0.3, -0.25) is 9.59 Å². The molecule has 0 spiro atoms. The zero-order valence-corrected chi connectivity index (χ0v) is 16.0. The first-order valence-electron chi connectivity index (χ1n) is 9.24. The Balaban J connectivity index is 1.79. The molecule has 5 atom stereocenters. The molecular weight excluding hydrogens is 318 g/mol. The summed E-state index contributed by atoms with van der Waals surface area (Å²) in [5.41, 5.74) is -0.829. The molecule has 1 heterocycles. The number of imide groups is 1. The molecule has 138 valence electrons. The summed E-state index contributed by atoms with van der Waals surface area (Å²) in [7, 11) is 0. The van der Waals surface area contributed by atoms with Crippen LogP contribution >= 0.6 is 0 Å². The van der Waals surface area contributed by atoms with Crippen LogP contribution in [0.2, 0.25) is 0 Å². The summed E-state index contributed by atoms with van der Waals surface area (Å²) in [6, 6.07) is 0. The average molecular weight is 347 g/mol. The zero-order valence-electron chi connectivity index (χ0n) is 16.0. The van der Waals surface area contributed by atoms with Crippen LogP contribution in [0, 0.1) is 40.4 Å². The van der Waals surface area contributed by atoms with E-state index in [0.717, 1.165) is 11.5 Å². The van der Waals surface area contributed by atoms with Gasteiger partial charge in [-0.1, -0.05) is 46.8 Å². The van der Waals surface area contributed by atoms with Crippen molar-refractivity contribution in [1.29, 1.82) is 0 Å². The number of amides is 2. The number of nitrogens with zero attached hydrogens (tertiary/aromatic N) is 1. The summed E-state index contributed by atoms with van der Waals surface area (Å²) in [4.78, 5) is 43.8. The molecule has 2 aliphatic carbocycles. The summed E-state index contributed by atoms with van der Waals surface area (Å²) < 4.78 is 0. The Bertz CT molecular complexity index is 615. The van der Waals surface area contributed by atoms with E-state index in [1.165, 1.54) is 0 Å². The number of fused-ring (bicyclic) bond motifs is 5. The minimum absolute atomic E-state index is 0.0318. The van der Waals surface area contributed by atoms with Crippen molar-refractivity contribution in [2.45, 2.75) is 54.4 Å². The molecule has 0 N–H and O–H groups in total. The van der Waals surface area contributed by atoms with Gasteiger partial charge in [0.2, 0.25) is 0 Å². The second kappa shape index (κ2) is 5.68. The topological polar surface area (TPSA) is 63.7 Å². The minimum atomic E-state index is -0.756. The van der Waals surface area contributed by atoms with Gasteiger partial charge >= 0.3 is 5.97 Å². The van der Waals surface area contributed by atoms with Gasteiger partial charge in [0.15, 0.2) is 0 Å². The van der Waals surface area contributed by atoms with Crippen molar-refractivity contribution < 1.29 is 19.2 Å². The Hall–Kier alpha value is -1.65. The van der Waals surface area contributed by atoms with Crippen LogP contribution in [0.4, 0.5) is 0 Å². The van der Waals surface area contributed by atoms with Crippen molar-refractivity contribution in [1.82, 2.24) is 5.06 Å². The first kappa shape index (κ1) is 18.2. The first-order chi connectivity index (χ1) is 11.5. The third-order valence-electron chi connectivity index (χ3n) is 6.24. The van der Waals surface area contributed by atoms with E-state index in [4.69, 9.17) is 4.84 Å². The van der Waals surface area contributed by atoms with Gasteiger partial charge in [0.05, 0.1) is 17.3 Å². The molecule has 5 nitrogen and oxygen atoms in total. The number of rotatable bonds is 4. The molecule has 25 heavy (non-hydrogen) atoms. The lowest BCUT2D eigenvalue weighted by atomic mass is 9.69. The quantitative estimate of drug-likeness (QED) is 0.578. The smallest absolute Gasteiger partial charge is 0.330 e. The van der Waals surface area contributed by atoms with Crippen molar-refractivity contribution >= 4 is 17.8 Å². The number of carbonyl (C=O) groups is 3. The molecule has 3 aliphatic rings. The van der Waals surface area contributed by atoms with E-state index < -0.39 is 11.4 Å². The molecule has 1 saturated carbocycles. The molecule has 1 aliphatic heterocycles. The molecule has 1 saturated heterocycles. The van der Waals surface area contributed by atoms with Gasteiger partial charge in [-0.2, -0.15) is 0 Å². The van der Waals surface area contributed by atoms with E-state index in [1.807, 2.05) is 32.9 Å². The molecule has 5 unspecified atom stereocenters. The summed E-state index contributed by atoms with van der Waals surface area (Å²) in [6.07, 6.45) is 5.54. The number of allylic oxidation sites excluding steroid dienone is 2. The molecule has 0 radical (unpaired) electrons. The molecule has 0 aromatic carbocycles. The van der Waals surface area contributed by atoms with E-state index in [2.05, 4.69) is 20.8 Å². The van der Waals surface area contributed by atoms with Crippen LogP contribution in [0.5, 0.6) is 0 Å². The maximum Gasteiger partial charge on any atom is 0.339 e. The second-order valence-electron chi connectivity index (χ2n) is 9.66. The van der Waals surface area contributed by atoms with Gasteiger partial charge in [0.25, 0.3) is 11.8 Å². The largest absolute Gasteiger partial charge is 0.339 e. The second-order valence-corrected chi connectivity index (χ2v) is 9.66. The lowest BCUT2D eigenvalue weighted by Gasteiger charge is -2.37. The summed E-state index contributed by atoms with van der Waals surface area (Å²) in [5.74, 6) is -1.61. The summed E-state index contributed by atoms with van der Waals surface area (Å²) in [5, 5.41) is 0.771. The third-order valence-corrected chi connectivity index (χ3v) is 6.24. The van der Waals surface area contributed by atoms with Crippen molar-refractivity contribution in [3.8, 4) is 0 Å². The molecule has 2 amide bonds. The van der Waals surface area contributed by atoms with E-state index in [9.17, 15) is 14.4 Å². The van der Waals surface area contributed by atoms with E-state index in [-0.39, 0.29) is 46.8 Å². The molecule has 2 bridgehead atoms. The molecular formula is C20H29NO4. The van der Waals surface area contributed by atoms with E-state index in [0.29, 0.717) is 6.42 Å². The fraction of sp³-hybridized carbons (Fsp3) is 0.750. The number of hydroxylamine groups is 2. The van der Waals surface area contributed by atoms with Crippen molar-refractivity contribution in [3.05, 3.63) is 12.2 Å². The highest BCUT2D eigenvalue weighted by atomic mass is 16.7. The number of hydrogen-bond donors (Lipinski definition) is 0. The maximum absolute atomic E-state index is 12.9. The Morgan fingerprint density at radius 2 is 1.60 bits per heavy atom. The Morgan fingerprint density at radius 1 is 1.12 bits per heavy atom. The summed E-state index contributed by atoms with van der Waals surface area (Å²) >= 11 is 0. The van der Waals surface area contributed by atoms with Crippen LogP contribution in [0.25, 0.3) is 0 Å². The fourth-order valence-electron chi connectivity index (χ4n) is 4.77. The van der Waals surface area contributed by atoms with Crippen molar-refractivity contribution in [3.63, 3.8) is 0 Å². The Labute approximate surface area is 149 Å². The van der Waals surface area contributed by atoms with Gasteiger partial charge in [0.1, 0.15) is 0 Å². The van der Waals surface area contributed by atoms with Crippen molar-refractivity contribution in [2.24, 2.45) is 40.4 Å². The van der Waals surface area contributed by atoms with Gasteiger partial charge in [-0.25, -0.2) is 4.79 Å². The lowest BCUT2D eigenvalue weighted by Crippen LogP contribution is -2.44. The Morgan fingerprint density at radius 3 is 2.00 bits per heavy atom.